The van der Waals surface area contributed by atoms with Crippen LogP contribution in [0.1, 0.15) is 11.6 Å². The molecule has 0 aliphatic carbocycles. The van der Waals surface area contributed by atoms with Crippen molar-refractivity contribution in [3.63, 3.8) is 0 Å². The fraction of sp³-hybridized carbons (Fsp3) is 0.143. The number of rotatable bonds is 3. The molecule has 1 aromatic carbocycles. The third-order valence-electron chi connectivity index (χ3n) is 3.06. The minimum Gasteiger partial charge on any atom is -0.352 e. The van der Waals surface area contributed by atoms with Crippen molar-refractivity contribution in [2.75, 3.05) is 11.9 Å². The highest BCUT2D eigenvalue weighted by Crippen LogP contribution is 2.30. The normalized spacial score (nSPS) is 16.6. The van der Waals surface area contributed by atoms with Crippen LogP contribution in [-0.4, -0.2) is 28.3 Å². The van der Waals surface area contributed by atoms with Crippen LogP contribution in [0.5, 0.6) is 0 Å². The summed E-state index contributed by atoms with van der Waals surface area (Å²) < 4.78 is 0. The number of hydrogen-bond acceptors (Lipinski definition) is 4. The van der Waals surface area contributed by atoms with E-state index in [9.17, 15) is 9.59 Å². The number of amides is 2. The molecule has 2 N–H and O–H groups in total. The first-order valence-electron chi connectivity index (χ1n) is 6.17. The van der Waals surface area contributed by atoms with Gasteiger partial charge in [0, 0.05) is 6.54 Å². The molecule has 0 radical (unpaired) electrons. The first-order chi connectivity index (χ1) is 9.70. The second-order valence-corrected chi connectivity index (χ2v) is 4.40. The molecule has 3 rings (SSSR count). The summed E-state index contributed by atoms with van der Waals surface area (Å²) in [5.74, 6) is -1.41. The third kappa shape index (κ3) is 1.91. The molecule has 1 aliphatic heterocycles. The van der Waals surface area contributed by atoms with Gasteiger partial charge in [0.15, 0.2) is 11.7 Å². The lowest BCUT2D eigenvalue weighted by Crippen LogP contribution is -2.33. The van der Waals surface area contributed by atoms with E-state index in [1.807, 2.05) is 12.1 Å². The Bertz CT molecular complexity index is 726. The van der Waals surface area contributed by atoms with E-state index in [1.54, 1.807) is 18.2 Å². The molecule has 0 saturated carbocycles. The standard InChI is InChI=1S/C14H12N4O2/c1-2-7-15-13(19)10-11-12(18-14(10)20)17-9-6-4-3-5-8(9)16-11/h2-6,10H,1,7H2,(H,15,19)(H,17,18,20). The van der Waals surface area contributed by atoms with Crippen LogP contribution >= 0.6 is 0 Å². The molecular formula is C14H12N4O2. The number of carbonyl (C=O) groups is 2. The molecule has 0 fully saturated rings. The van der Waals surface area contributed by atoms with Gasteiger partial charge in [0.1, 0.15) is 5.69 Å². The minimum atomic E-state index is -0.956. The van der Waals surface area contributed by atoms with Crippen molar-refractivity contribution in [3.8, 4) is 0 Å². The van der Waals surface area contributed by atoms with Crippen molar-refractivity contribution in [3.05, 3.63) is 42.6 Å². The van der Waals surface area contributed by atoms with E-state index >= 15 is 0 Å². The van der Waals surface area contributed by atoms with Crippen molar-refractivity contribution in [1.82, 2.24) is 15.3 Å². The molecule has 0 bridgehead atoms. The van der Waals surface area contributed by atoms with Gasteiger partial charge in [-0.25, -0.2) is 9.97 Å². The number of nitrogens with one attached hydrogen (secondary N) is 2. The molecule has 2 amide bonds. The highest BCUT2D eigenvalue weighted by Gasteiger charge is 2.39. The first kappa shape index (κ1) is 12.3. The maximum absolute atomic E-state index is 12.0. The summed E-state index contributed by atoms with van der Waals surface area (Å²) >= 11 is 0. The van der Waals surface area contributed by atoms with Crippen LogP contribution < -0.4 is 10.6 Å². The van der Waals surface area contributed by atoms with Crippen LogP contribution in [0.4, 0.5) is 5.82 Å². The monoisotopic (exact) mass is 268 g/mol. The number of anilines is 1. The number of benzene rings is 1. The average Bonchev–Trinajstić information content (AvgIpc) is 2.77. The second kappa shape index (κ2) is 4.73. The highest BCUT2D eigenvalue weighted by atomic mass is 16.2. The molecular weight excluding hydrogens is 256 g/mol. The van der Waals surface area contributed by atoms with Crippen molar-refractivity contribution >= 4 is 28.7 Å². The summed E-state index contributed by atoms with van der Waals surface area (Å²) in [5.41, 5.74) is 1.71. The Labute approximate surface area is 114 Å². The van der Waals surface area contributed by atoms with E-state index in [0.29, 0.717) is 29.1 Å². The summed E-state index contributed by atoms with van der Waals surface area (Å²) in [5, 5.41) is 5.21. The maximum atomic E-state index is 12.0. The van der Waals surface area contributed by atoms with Gasteiger partial charge < -0.3 is 10.6 Å². The first-order valence-corrected chi connectivity index (χ1v) is 6.17. The molecule has 2 aromatic rings. The predicted molar refractivity (Wildman–Crippen MR) is 74.1 cm³/mol. The molecule has 100 valence electrons. The van der Waals surface area contributed by atoms with Crippen LogP contribution in [-0.2, 0) is 9.59 Å². The number of nitrogens with zero attached hydrogens (tertiary/aromatic N) is 2. The number of aromatic nitrogens is 2. The van der Waals surface area contributed by atoms with E-state index in [4.69, 9.17) is 0 Å². The van der Waals surface area contributed by atoms with Gasteiger partial charge in [-0.15, -0.1) is 6.58 Å². The molecule has 0 saturated heterocycles. The SMILES string of the molecule is C=CCNC(=O)C1C(=O)Nc2nc3ccccc3nc21. The summed E-state index contributed by atoms with van der Waals surface area (Å²) in [6.45, 7) is 3.82. The zero-order valence-corrected chi connectivity index (χ0v) is 10.6. The molecule has 20 heavy (non-hydrogen) atoms. The molecule has 1 atom stereocenters. The van der Waals surface area contributed by atoms with E-state index in [1.165, 1.54) is 0 Å². The molecule has 1 aromatic heterocycles. The van der Waals surface area contributed by atoms with E-state index in [2.05, 4.69) is 27.2 Å². The van der Waals surface area contributed by atoms with E-state index in [0.717, 1.165) is 0 Å². The Morgan fingerprint density at radius 1 is 1.35 bits per heavy atom. The molecule has 6 heteroatoms. The van der Waals surface area contributed by atoms with Gasteiger partial charge in [0.25, 0.3) is 0 Å². The second-order valence-electron chi connectivity index (χ2n) is 4.40. The minimum absolute atomic E-state index is 0.305. The number of hydrogen-bond donors (Lipinski definition) is 2. The van der Waals surface area contributed by atoms with Crippen molar-refractivity contribution in [2.45, 2.75) is 5.92 Å². The Balaban J connectivity index is 2.04. The number of fused-ring (bicyclic) bond motifs is 2. The summed E-state index contributed by atoms with van der Waals surface area (Å²) in [4.78, 5) is 32.7. The summed E-state index contributed by atoms with van der Waals surface area (Å²) in [6, 6.07) is 7.28. The predicted octanol–water partition coefficient (Wildman–Crippen LogP) is 0.968. The Morgan fingerprint density at radius 3 is 2.75 bits per heavy atom. The Kier molecular flexibility index (Phi) is 2.90. The van der Waals surface area contributed by atoms with E-state index < -0.39 is 17.7 Å². The zero-order chi connectivity index (χ0) is 14.1. The molecule has 0 spiro atoms. The van der Waals surface area contributed by atoms with Crippen LogP contribution in [0.25, 0.3) is 11.0 Å². The largest absolute Gasteiger partial charge is 0.352 e. The van der Waals surface area contributed by atoms with Crippen molar-refractivity contribution in [2.24, 2.45) is 0 Å². The van der Waals surface area contributed by atoms with Gasteiger partial charge in [0.2, 0.25) is 11.8 Å². The highest BCUT2D eigenvalue weighted by molar-refractivity contribution is 6.15. The molecule has 1 aliphatic rings. The van der Waals surface area contributed by atoms with Gasteiger partial charge >= 0.3 is 0 Å². The van der Waals surface area contributed by atoms with Gasteiger partial charge in [-0.3, -0.25) is 9.59 Å². The lowest BCUT2D eigenvalue weighted by Gasteiger charge is -2.08. The lowest BCUT2D eigenvalue weighted by atomic mass is 10.1. The summed E-state index contributed by atoms with van der Waals surface area (Å²) in [7, 11) is 0. The third-order valence-corrected chi connectivity index (χ3v) is 3.06. The van der Waals surface area contributed by atoms with E-state index in [-0.39, 0.29) is 0 Å². The van der Waals surface area contributed by atoms with Crippen LogP contribution in [0.2, 0.25) is 0 Å². The van der Waals surface area contributed by atoms with Crippen LogP contribution in [0.15, 0.2) is 36.9 Å². The zero-order valence-electron chi connectivity index (χ0n) is 10.6. The fourth-order valence-corrected chi connectivity index (χ4v) is 2.14. The smallest absolute Gasteiger partial charge is 0.244 e. The number of carbonyl (C=O) groups excluding carboxylic acids is 2. The van der Waals surface area contributed by atoms with Crippen molar-refractivity contribution < 1.29 is 9.59 Å². The summed E-state index contributed by atoms with van der Waals surface area (Å²) in [6.07, 6.45) is 1.55. The Morgan fingerprint density at radius 2 is 2.05 bits per heavy atom. The molecule has 2 heterocycles. The van der Waals surface area contributed by atoms with Crippen LogP contribution in [0, 0.1) is 0 Å². The van der Waals surface area contributed by atoms with Gasteiger partial charge in [-0.2, -0.15) is 0 Å². The lowest BCUT2D eigenvalue weighted by molar-refractivity contribution is -0.128. The van der Waals surface area contributed by atoms with Gasteiger partial charge in [-0.1, -0.05) is 18.2 Å². The molecule has 1 unspecified atom stereocenters. The topological polar surface area (TPSA) is 84.0 Å². The quantitative estimate of drug-likeness (QED) is 0.641. The molecule has 6 nitrogen and oxygen atoms in total. The average molecular weight is 268 g/mol. The maximum Gasteiger partial charge on any atom is 0.244 e. The van der Waals surface area contributed by atoms with Gasteiger partial charge in [-0.05, 0) is 12.1 Å². The Hall–Kier alpha value is -2.76. The van der Waals surface area contributed by atoms with Gasteiger partial charge in [0.05, 0.1) is 11.0 Å². The van der Waals surface area contributed by atoms with Crippen LogP contribution in [0.3, 0.4) is 0 Å². The van der Waals surface area contributed by atoms with Crippen molar-refractivity contribution in [1.29, 1.82) is 0 Å². The fourth-order valence-electron chi connectivity index (χ4n) is 2.14. The number of para-hydroxylation sites is 2.